The van der Waals surface area contributed by atoms with Crippen LogP contribution in [-0.4, -0.2) is 25.6 Å². The van der Waals surface area contributed by atoms with E-state index in [0.29, 0.717) is 34.9 Å². The highest BCUT2D eigenvalue weighted by atomic mass is 35.5. The van der Waals surface area contributed by atoms with Crippen LogP contribution in [0.25, 0.3) is 0 Å². The van der Waals surface area contributed by atoms with Crippen LogP contribution in [-0.2, 0) is 4.74 Å². The summed E-state index contributed by atoms with van der Waals surface area (Å²) >= 11 is 6.08. The molecule has 1 aliphatic heterocycles. The van der Waals surface area contributed by atoms with Crippen LogP contribution in [0.1, 0.15) is 38.7 Å². The molecule has 2 aromatic rings. The fourth-order valence-electron chi connectivity index (χ4n) is 2.67. The van der Waals surface area contributed by atoms with E-state index in [1.54, 1.807) is 42.5 Å². The smallest absolute Gasteiger partial charge is 0.337 e. The Balaban J connectivity index is 1.87. The van der Waals surface area contributed by atoms with Gasteiger partial charge in [-0.1, -0.05) is 23.7 Å². The Morgan fingerprint density at radius 2 is 2.04 bits per heavy atom. The highest BCUT2D eigenvalue weighted by molar-refractivity contribution is 6.33. The average Bonchev–Trinajstić information content (AvgIpc) is 2.61. The number of rotatable bonds is 3. The first-order valence-corrected chi connectivity index (χ1v) is 7.88. The number of halogens is 1. The maximum atomic E-state index is 12.5. The lowest BCUT2D eigenvalue weighted by atomic mass is 9.97. The number of hydrogen-bond acceptors (Lipinski definition) is 4. The fraction of sp³-hybridized carbons (Fsp3) is 0.222. The number of esters is 1. The molecule has 1 amide bonds. The van der Waals surface area contributed by atoms with Gasteiger partial charge in [0, 0.05) is 12.0 Å². The molecule has 0 saturated heterocycles. The zero-order valence-electron chi connectivity index (χ0n) is 13.0. The first-order chi connectivity index (χ1) is 11.6. The van der Waals surface area contributed by atoms with Crippen LogP contribution >= 0.6 is 11.6 Å². The van der Waals surface area contributed by atoms with Crippen molar-refractivity contribution in [2.75, 3.05) is 13.7 Å². The molecule has 0 aliphatic carbocycles. The number of nitrogens with one attached hydrogen (secondary N) is 1. The van der Waals surface area contributed by atoms with Gasteiger partial charge in [0.1, 0.15) is 5.75 Å². The van der Waals surface area contributed by atoms with E-state index in [1.165, 1.54) is 7.11 Å². The topological polar surface area (TPSA) is 64.6 Å². The molecular weight excluding hydrogens is 330 g/mol. The van der Waals surface area contributed by atoms with Crippen LogP contribution in [0.5, 0.6) is 5.75 Å². The summed E-state index contributed by atoms with van der Waals surface area (Å²) in [5.74, 6) is -0.0418. The molecule has 0 saturated carbocycles. The first kappa shape index (κ1) is 16.3. The molecule has 1 N–H and O–H groups in total. The zero-order chi connectivity index (χ0) is 17.1. The van der Waals surface area contributed by atoms with Crippen molar-refractivity contribution in [1.29, 1.82) is 0 Å². The number of carbonyl (C=O) groups is 2. The summed E-state index contributed by atoms with van der Waals surface area (Å²) in [7, 11) is 1.33. The molecule has 1 aliphatic rings. The standard InChI is InChI=1S/C18H16ClNO4/c1-23-18(22)11-6-7-16-13(10-11)15(8-9-24-16)20-17(21)12-4-2-3-5-14(12)19/h2-7,10,15H,8-9H2,1H3,(H,20,21). The second kappa shape index (κ2) is 6.93. The van der Waals surface area contributed by atoms with Crippen LogP contribution in [0.3, 0.4) is 0 Å². The lowest BCUT2D eigenvalue weighted by molar-refractivity contribution is 0.0600. The van der Waals surface area contributed by atoms with Crippen molar-refractivity contribution >= 4 is 23.5 Å². The summed E-state index contributed by atoms with van der Waals surface area (Å²) in [6.07, 6.45) is 0.605. The van der Waals surface area contributed by atoms with Gasteiger partial charge < -0.3 is 14.8 Å². The highest BCUT2D eigenvalue weighted by Gasteiger charge is 2.25. The molecule has 3 rings (SSSR count). The fourth-order valence-corrected chi connectivity index (χ4v) is 2.89. The number of fused-ring (bicyclic) bond motifs is 1. The Bertz CT molecular complexity index is 790. The molecule has 1 unspecified atom stereocenters. The largest absolute Gasteiger partial charge is 0.493 e. The van der Waals surface area contributed by atoms with Gasteiger partial charge in [0.25, 0.3) is 5.91 Å². The second-order valence-electron chi connectivity index (χ2n) is 5.39. The summed E-state index contributed by atoms with van der Waals surface area (Å²) in [6.45, 7) is 0.484. The van der Waals surface area contributed by atoms with E-state index in [4.69, 9.17) is 21.1 Å². The number of hydrogen-bond donors (Lipinski definition) is 1. The van der Waals surface area contributed by atoms with Gasteiger partial charge in [-0.15, -0.1) is 0 Å². The highest BCUT2D eigenvalue weighted by Crippen LogP contribution is 2.33. The molecule has 0 spiro atoms. The van der Waals surface area contributed by atoms with Crippen molar-refractivity contribution in [3.8, 4) is 5.75 Å². The van der Waals surface area contributed by atoms with Crippen LogP contribution in [0, 0.1) is 0 Å². The quantitative estimate of drug-likeness (QED) is 0.866. The average molecular weight is 346 g/mol. The predicted octanol–water partition coefficient (Wildman–Crippen LogP) is 3.38. The van der Waals surface area contributed by atoms with Crippen molar-refractivity contribution in [1.82, 2.24) is 5.32 Å². The van der Waals surface area contributed by atoms with Gasteiger partial charge in [0.05, 0.1) is 35.9 Å². The van der Waals surface area contributed by atoms with Crippen molar-refractivity contribution in [3.05, 3.63) is 64.2 Å². The van der Waals surface area contributed by atoms with Crippen LogP contribution < -0.4 is 10.1 Å². The Morgan fingerprint density at radius 1 is 1.25 bits per heavy atom. The third-order valence-corrected chi connectivity index (χ3v) is 4.22. The molecule has 2 aromatic carbocycles. The molecule has 0 fully saturated rings. The van der Waals surface area contributed by atoms with E-state index in [9.17, 15) is 9.59 Å². The van der Waals surface area contributed by atoms with E-state index in [0.717, 1.165) is 5.56 Å². The number of carbonyl (C=O) groups excluding carboxylic acids is 2. The van der Waals surface area contributed by atoms with E-state index < -0.39 is 5.97 Å². The van der Waals surface area contributed by atoms with Crippen molar-refractivity contribution in [2.45, 2.75) is 12.5 Å². The van der Waals surface area contributed by atoms with Gasteiger partial charge in [-0.2, -0.15) is 0 Å². The normalized spacial score (nSPS) is 15.8. The monoisotopic (exact) mass is 345 g/mol. The summed E-state index contributed by atoms with van der Waals surface area (Å²) in [6, 6.07) is 11.7. The predicted molar refractivity (Wildman–Crippen MR) is 89.6 cm³/mol. The molecule has 0 bridgehead atoms. The minimum atomic E-state index is -0.431. The molecule has 1 atom stereocenters. The van der Waals surface area contributed by atoms with Crippen molar-refractivity contribution in [3.63, 3.8) is 0 Å². The maximum absolute atomic E-state index is 12.5. The van der Waals surface area contributed by atoms with Gasteiger partial charge >= 0.3 is 5.97 Å². The number of methoxy groups -OCH3 is 1. The summed E-state index contributed by atoms with van der Waals surface area (Å²) in [5.41, 5.74) is 1.58. The van der Waals surface area contributed by atoms with E-state index in [-0.39, 0.29) is 11.9 Å². The first-order valence-electron chi connectivity index (χ1n) is 7.50. The van der Waals surface area contributed by atoms with Gasteiger partial charge in [-0.05, 0) is 30.3 Å². The molecule has 5 nitrogen and oxygen atoms in total. The zero-order valence-corrected chi connectivity index (χ0v) is 13.8. The Kier molecular flexibility index (Phi) is 4.71. The van der Waals surface area contributed by atoms with Crippen molar-refractivity contribution < 1.29 is 19.1 Å². The molecule has 124 valence electrons. The minimum Gasteiger partial charge on any atom is -0.493 e. The van der Waals surface area contributed by atoms with E-state index in [1.807, 2.05) is 0 Å². The Morgan fingerprint density at radius 3 is 2.79 bits per heavy atom. The lowest BCUT2D eigenvalue weighted by Gasteiger charge is -2.27. The van der Waals surface area contributed by atoms with E-state index in [2.05, 4.69) is 5.32 Å². The van der Waals surface area contributed by atoms with Gasteiger partial charge in [0.15, 0.2) is 0 Å². The summed E-state index contributed by atoms with van der Waals surface area (Å²) in [4.78, 5) is 24.2. The van der Waals surface area contributed by atoms with Gasteiger partial charge in [-0.3, -0.25) is 4.79 Å². The minimum absolute atomic E-state index is 0.262. The van der Waals surface area contributed by atoms with Crippen LogP contribution in [0.2, 0.25) is 5.02 Å². The van der Waals surface area contributed by atoms with Crippen LogP contribution in [0.4, 0.5) is 0 Å². The number of benzene rings is 2. The molecule has 24 heavy (non-hydrogen) atoms. The summed E-state index contributed by atoms with van der Waals surface area (Å²) < 4.78 is 10.3. The molecule has 6 heteroatoms. The third kappa shape index (κ3) is 3.21. The Labute approximate surface area is 144 Å². The Hall–Kier alpha value is -2.53. The maximum Gasteiger partial charge on any atom is 0.337 e. The number of amides is 1. The van der Waals surface area contributed by atoms with Gasteiger partial charge in [0.2, 0.25) is 0 Å². The van der Waals surface area contributed by atoms with Crippen LogP contribution in [0.15, 0.2) is 42.5 Å². The molecular formula is C18H16ClNO4. The molecule has 0 radical (unpaired) electrons. The SMILES string of the molecule is COC(=O)c1ccc2c(c1)C(NC(=O)c1ccccc1Cl)CCO2. The second-order valence-corrected chi connectivity index (χ2v) is 5.79. The molecule has 0 aromatic heterocycles. The van der Waals surface area contributed by atoms with Crippen molar-refractivity contribution in [2.24, 2.45) is 0 Å². The summed E-state index contributed by atoms with van der Waals surface area (Å²) in [5, 5.41) is 3.35. The molecule has 1 heterocycles. The van der Waals surface area contributed by atoms with E-state index >= 15 is 0 Å². The third-order valence-electron chi connectivity index (χ3n) is 3.89. The lowest BCUT2D eigenvalue weighted by Crippen LogP contribution is -2.32. The van der Waals surface area contributed by atoms with Gasteiger partial charge in [-0.25, -0.2) is 4.79 Å². The number of ether oxygens (including phenoxy) is 2.